The van der Waals surface area contributed by atoms with Gasteiger partial charge in [0.2, 0.25) is 9.84 Å². The fourth-order valence-electron chi connectivity index (χ4n) is 9.17. The van der Waals surface area contributed by atoms with Crippen molar-refractivity contribution in [3.05, 3.63) is 72.3 Å². The van der Waals surface area contributed by atoms with Crippen molar-refractivity contribution >= 4 is 21.6 Å². The van der Waals surface area contributed by atoms with Gasteiger partial charge < -0.3 is 19.9 Å². The second kappa shape index (κ2) is 13.9. The first-order valence-electron chi connectivity index (χ1n) is 17.8. The fourth-order valence-corrected chi connectivity index (χ4v) is 10.4. The van der Waals surface area contributed by atoms with Crippen molar-refractivity contribution in [2.75, 3.05) is 64.4 Å². The Morgan fingerprint density at radius 1 is 1.00 bits per heavy atom. The van der Waals surface area contributed by atoms with Crippen LogP contribution in [0.25, 0.3) is 0 Å². The lowest BCUT2D eigenvalue weighted by Crippen LogP contribution is -2.65. The van der Waals surface area contributed by atoms with Crippen LogP contribution in [0.15, 0.2) is 70.7 Å². The molecule has 13 heteroatoms. The van der Waals surface area contributed by atoms with Crippen LogP contribution in [0.5, 0.6) is 0 Å². The molecule has 3 atom stereocenters. The summed E-state index contributed by atoms with van der Waals surface area (Å²) in [6, 6.07) is 13.6. The van der Waals surface area contributed by atoms with Crippen LogP contribution in [0, 0.1) is 17.7 Å². The van der Waals surface area contributed by atoms with E-state index in [4.69, 9.17) is 4.74 Å². The molecule has 4 fully saturated rings. The van der Waals surface area contributed by atoms with Gasteiger partial charge >= 0.3 is 6.09 Å². The maximum Gasteiger partial charge on any atom is 0.407 e. The molecule has 1 aromatic heterocycles. The highest BCUT2D eigenvalue weighted by atomic mass is 32.2. The summed E-state index contributed by atoms with van der Waals surface area (Å²) in [5.74, 6) is 0.113. The van der Waals surface area contributed by atoms with Gasteiger partial charge in [0, 0.05) is 43.5 Å². The first kappa shape index (κ1) is 34.9. The topological polar surface area (TPSA) is 100 Å². The number of nitrogens with one attached hydrogen (secondary N) is 1. The number of alkyl halides is 1. The fraction of sp³-hybridized carbons (Fsp3) is 0.568. The number of likely N-dealkylation sites (tertiary alicyclic amines) is 2. The number of hydrogen-bond donors (Lipinski definition) is 1. The lowest BCUT2D eigenvalue weighted by atomic mass is 9.57. The van der Waals surface area contributed by atoms with Crippen molar-refractivity contribution in [2.24, 2.45) is 18.9 Å². The second-order valence-electron chi connectivity index (χ2n) is 14.9. The van der Waals surface area contributed by atoms with Gasteiger partial charge in [0.1, 0.15) is 10.7 Å². The quantitative estimate of drug-likeness (QED) is 0.303. The Morgan fingerprint density at radius 2 is 1.74 bits per heavy atom. The minimum atomic E-state index is -3.67. The predicted octanol–water partition coefficient (Wildman–Crippen LogP) is 4.80. The zero-order valence-electron chi connectivity index (χ0n) is 28.9. The average Bonchev–Trinajstić information content (AvgIpc) is 3.73. The average molecular weight is 711 g/mol. The summed E-state index contributed by atoms with van der Waals surface area (Å²) in [5, 5.41) is 7.11. The predicted molar refractivity (Wildman–Crippen MR) is 186 cm³/mol. The van der Waals surface area contributed by atoms with E-state index in [2.05, 4.69) is 26.3 Å². The molecule has 2 aromatic carbocycles. The highest BCUT2D eigenvalue weighted by Gasteiger charge is 2.54. The maximum atomic E-state index is 16.1. The number of methoxy groups -OCH3 is 1. The Kier molecular flexibility index (Phi) is 9.68. The number of nitrogens with zero attached hydrogens (tertiary/aromatic N) is 5. The van der Waals surface area contributed by atoms with Gasteiger partial charge in [-0.05, 0) is 112 Å². The molecule has 4 aliphatic rings. The van der Waals surface area contributed by atoms with Gasteiger partial charge in [0.15, 0.2) is 5.67 Å². The molecule has 1 N–H and O–H groups in total. The van der Waals surface area contributed by atoms with Crippen molar-refractivity contribution in [1.82, 2.24) is 24.9 Å². The highest BCUT2D eigenvalue weighted by Crippen LogP contribution is 2.51. The van der Waals surface area contributed by atoms with Gasteiger partial charge in [-0.2, -0.15) is 5.10 Å². The third kappa shape index (κ3) is 6.76. The van der Waals surface area contributed by atoms with Crippen molar-refractivity contribution in [3.8, 4) is 0 Å². The number of carbonyl (C=O) groups excluding carboxylic acids is 1. The number of hydrogen-bond acceptors (Lipinski definition) is 8. The van der Waals surface area contributed by atoms with Gasteiger partial charge in [-0.3, -0.25) is 9.58 Å². The number of carbonyl (C=O) groups is 1. The number of ether oxygens (including phenoxy) is 1. The summed E-state index contributed by atoms with van der Waals surface area (Å²) in [6.45, 7) is 5.16. The van der Waals surface area contributed by atoms with E-state index in [0.717, 1.165) is 82.5 Å². The normalized spacial score (nSPS) is 24.3. The Morgan fingerprint density at radius 3 is 2.36 bits per heavy atom. The van der Waals surface area contributed by atoms with Crippen LogP contribution in [0.1, 0.15) is 44.1 Å². The Bertz CT molecular complexity index is 1770. The lowest BCUT2D eigenvalue weighted by molar-refractivity contribution is 0.00584. The van der Waals surface area contributed by atoms with Crippen LogP contribution < -0.4 is 10.2 Å². The molecule has 1 amide bonds. The number of aromatic nitrogens is 2. The summed E-state index contributed by atoms with van der Waals surface area (Å²) < 4.78 is 63.5. The molecular formula is C37H48F2N6O4S. The minimum absolute atomic E-state index is 0.0652. The molecule has 10 nitrogen and oxygen atoms in total. The number of sulfone groups is 1. The number of aryl methyl sites for hydroxylation is 1. The van der Waals surface area contributed by atoms with E-state index in [-0.39, 0.29) is 52.0 Å². The monoisotopic (exact) mass is 710 g/mol. The number of benzene rings is 2. The maximum absolute atomic E-state index is 16.1. The summed E-state index contributed by atoms with van der Waals surface area (Å²) in [7, 11) is -0.614. The molecule has 1 saturated carbocycles. The summed E-state index contributed by atoms with van der Waals surface area (Å²) in [6.07, 6.45) is 8.04. The van der Waals surface area contributed by atoms with Gasteiger partial charge in [0.05, 0.1) is 31.3 Å². The van der Waals surface area contributed by atoms with Crippen LogP contribution >= 0.6 is 0 Å². The smallest absolute Gasteiger partial charge is 0.407 e. The van der Waals surface area contributed by atoms with Gasteiger partial charge in [-0.1, -0.05) is 18.6 Å². The number of rotatable bonds is 11. The Hall–Kier alpha value is -3.55. The van der Waals surface area contributed by atoms with Crippen LogP contribution in [-0.2, 0) is 27.0 Å². The standard InChI is InChI=1S/C37H48F2N6O4S/c1-42-22-32(21-40-42)50(47,48)31-12-10-30(11-13-31)45-24-36(39,25-45)23-44-18-14-27(15-19-44)37(26-43-16-5-17-43,28-6-3-7-29(38)20-28)33-8-4-9-34(33)41-35(46)49-2/h3,6-7,10-13,20-22,27,33-34H,4-5,8-9,14-19,23-26H2,1-2H3,(H,41,46)/t33-,34-,37-/m0/s1. The molecule has 270 valence electrons. The van der Waals surface area contributed by atoms with E-state index in [1.807, 2.05) is 11.0 Å². The molecule has 4 heterocycles. The van der Waals surface area contributed by atoms with Crippen molar-refractivity contribution in [3.63, 3.8) is 0 Å². The van der Waals surface area contributed by atoms with E-state index >= 15 is 4.39 Å². The van der Waals surface area contributed by atoms with Crippen LogP contribution in [0.4, 0.5) is 19.3 Å². The summed E-state index contributed by atoms with van der Waals surface area (Å²) in [4.78, 5) is 19.4. The third-order valence-corrected chi connectivity index (χ3v) is 13.5. The molecule has 0 spiro atoms. The third-order valence-electron chi connectivity index (χ3n) is 11.7. The largest absolute Gasteiger partial charge is 0.453 e. The lowest BCUT2D eigenvalue weighted by Gasteiger charge is -2.54. The molecule has 3 aromatic rings. The molecular weight excluding hydrogens is 663 g/mol. The molecule has 3 saturated heterocycles. The van der Waals surface area contributed by atoms with E-state index in [1.54, 1.807) is 37.4 Å². The number of anilines is 1. The second-order valence-corrected chi connectivity index (χ2v) is 16.8. The molecule has 0 unspecified atom stereocenters. The molecule has 50 heavy (non-hydrogen) atoms. The van der Waals surface area contributed by atoms with Crippen molar-refractivity contribution in [1.29, 1.82) is 0 Å². The van der Waals surface area contributed by atoms with E-state index in [1.165, 1.54) is 30.3 Å². The van der Waals surface area contributed by atoms with Crippen LogP contribution in [-0.4, -0.2) is 105 Å². The zero-order valence-corrected chi connectivity index (χ0v) is 29.8. The minimum Gasteiger partial charge on any atom is -0.453 e. The molecule has 1 aliphatic carbocycles. The van der Waals surface area contributed by atoms with E-state index in [0.29, 0.717) is 6.54 Å². The summed E-state index contributed by atoms with van der Waals surface area (Å²) in [5.41, 5.74) is 0.0570. The number of halogens is 2. The van der Waals surface area contributed by atoms with Gasteiger partial charge in [0.25, 0.3) is 0 Å². The number of piperidine rings is 1. The van der Waals surface area contributed by atoms with E-state index < -0.39 is 21.6 Å². The number of amides is 1. The zero-order chi connectivity index (χ0) is 35.1. The van der Waals surface area contributed by atoms with Crippen LogP contribution in [0.3, 0.4) is 0 Å². The van der Waals surface area contributed by atoms with Crippen molar-refractivity contribution in [2.45, 2.75) is 65.4 Å². The molecule has 7 rings (SSSR count). The first-order chi connectivity index (χ1) is 24.0. The SMILES string of the molecule is COC(=O)N[C@H]1CCC[C@@H]1[C@](CN1CCC1)(c1cccc(F)c1)C1CCN(CC2(F)CN(c3ccc(S(=O)(=O)c4cnn(C)c4)cc3)C2)CC1. The molecule has 0 bridgehead atoms. The summed E-state index contributed by atoms with van der Waals surface area (Å²) >= 11 is 0. The van der Waals surface area contributed by atoms with Crippen molar-refractivity contribution < 1.29 is 26.7 Å². The van der Waals surface area contributed by atoms with E-state index in [9.17, 15) is 17.6 Å². The molecule has 3 aliphatic heterocycles. The first-order valence-corrected chi connectivity index (χ1v) is 19.3. The van der Waals surface area contributed by atoms with Gasteiger partial charge in [-0.15, -0.1) is 0 Å². The highest BCUT2D eigenvalue weighted by molar-refractivity contribution is 7.91. The molecule has 0 radical (unpaired) electrons. The van der Waals surface area contributed by atoms with Gasteiger partial charge in [-0.25, -0.2) is 22.0 Å². The number of alkyl carbamates (subject to hydrolysis) is 1. The van der Waals surface area contributed by atoms with Crippen LogP contribution in [0.2, 0.25) is 0 Å². The Labute approximate surface area is 293 Å². The Balaban J connectivity index is 1.03.